The van der Waals surface area contributed by atoms with Gasteiger partial charge in [0.2, 0.25) is 0 Å². The largest absolute Gasteiger partial charge is 0.593 e. The first-order valence-corrected chi connectivity index (χ1v) is 10.9. The number of nitrogen functional groups attached to an aromatic ring is 1. The van der Waals surface area contributed by atoms with Crippen LogP contribution in [-0.4, -0.2) is 44.4 Å². The van der Waals surface area contributed by atoms with Crippen LogP contribution in [0.5, 0.6) is 11.6 Å². The zero-order valence-electron chi connectivity index (χ0n) is 17.0. The SMILES string of the molecule is CN[S+]([O-])c1cc(C)cc(-c2cnc(N)c(Oc3cnn(C4CCNCC4)c3)n2)c1. The maximum absolute atomic E-state index is 12.2. The van der Waals surface area contributed by atoms with Crippen molar-refractivity contribution in [2.45, 2.75) is 30.7 Å². The van der Waals surface area contributed by atoms with Gasteiger partial charge in [0.05, 0.1) is 41.7 Å². The van der Waals surface area contributed by atoms with Crippen LogP contribution in [0.3, 0.4) is 0 Å². The minimum absolute atomic E-state index is 0.194. The fourth-order valence-corrected chi connectivity index (χ4v) is 4.23. The Balaban J connectivity index is 1.58. The number of piperidine rings is 1. The maximum atomic E-state index is 12.2. The number of nitrogens with one attached hydrogen (secondary N) is 2. The second-order valence-electron chi connectivity index (χ2n) is 7.19. The highest BCUT2D eigenvalue weighted by Crippen LogP contribution is 2.29. The van der Waals surface area contributed by atoms with E-state index in [-0.39, 0.29) is 11.7 Å². The van der Waals surface area contributed by atoms with Gasteiger partial charge in [0, 0.05) is 18.7 Å². The zero-order chi connectivity index (χ0) is 21.1. The van der Waals surface area contributed by atoms with Gasteiger partial charge in [0.15, 0.2) is 16.5 Å². The topological polar surface area (TPSA) is 126 Å². The molecule has 0 bridgehead atoms. The highest BCUT2D eigenvalue weighted by molar-refractivity contribution is 7.89. The van der Waals surface area contributed by atoms with Gasteiger partial charge < -0.3 is 20.3 Å². The molecule has 0 radical (unpaired) electrons. The molecule has 30 heavy (non-hydrogen) atoms. The number of nitrogens with zero attached hydrogens (tertiary/aromatic N) is 4. The molecule has 10 heteroatoms. The summed E-state index contributed by atoms with van der Waals surface area (Å²) < 4.78 is 22.7. The van der Waals surface area contributed by atoms with Crippen molar-refractivity contribution in [3.05, 3.63) is 42.4 Å². The molecule has 1 aromatic carbocycles. The average Bonchev–Trinajstić information content (AvgIpc) is 3.23. The van der Waals surface area contributed by atoms with E-state index in [4.69, 9.17) is 10.5 Å². The Labute approximate surface area is 178 Å². The number of aromatic nitrogens is 4. The van der Waals surface area contributed by atoms with Gasteiger partial charge in [-0.15, -0.1) is 4.72 Å². The lowest BCUT2D eigenvalue weighted by molar-refractivity contribution is 0.342. The van der Waals surface area contributed by atoms with E-state index < -0.39 is 11.4 Å². The molecule has 0 amide bonds. The van der Waals surface area contributed by atoms with E-state index in [1.807, 2.05) is 36.0 Å². The van der Waals surface area contributed by atoms with Crippen LogP contribution in [0.25, 0.3) is 11.3 Å². The van der Waals surface area contributed by atoms with Crippen LogP contribution in [0.1, 0.15) is 24.4 Å². The number of aryl methyl sites for hydroxylation is 1. The standard InChI is InChI=1S/C20H25N7O2S/c1-13-7-14(9-17(8-13)30(28)22-2)18-11-24-19(21)20(26-18)29-16-10-25-27(12-16)15-3-5-23-6-4-15/h7-12,15,22-23H,3-6H2,1-2H3,(H2,21,24). The van der Waals surface area contributed by atoms with E-state index in [2.05, 4.69) is 25.1 Å². The van der Waals surface area contributed by atoms with Gasteiger partial charge in [-0.05, 0) is 50.6 Å². The number of benzene rings is 1. The van der Waals surface area contributed by atoms with Gasteiger partial charge in [-0.3, -0.25) is 4.68 Å². The van der Waals surface area contributed by atoms with Crippen LogP contribution < -0.4 is 20.5 Å². The summed E-state index contributed by atoms with van der Waals surface area (Å²) in [6.07, 6.45) is 7.17. The number of anilines is 1. The van der Waals surface area contributed by atoms with E-state index in [1.165, 1.54) is 0 Å². The van der Waals surface area contributed by atoms with Crippen molar-refractivity contribution in [2.75, 3.05) is 25.9 Å². The van der Waals surface area contributed by atoms with Crippen LogP contribution in [-0.2, 0) is 11.4 Å². The molecule has 2 aromatic heterocycles. The molecule has 0 spiro atoms. The first-order valence-electron chi connectivity index (χ1n) is 9.80. The number of ether oxygens (including phenoxy) is 1. The molecule has 1 aliphatic rings. The molecule has 9 nitrogen and oxygen atoms in total. The summed E-state index contributed by atoms with van der Waals surface area (Å²) in [5.41, 5.74) is 8.34. The van der Waals surface area contributed by atoms with Gasteiger partial charge >= 0.3 is 0 Å². The van der Waals surface area contributed by atoms with Crippen LogP contribution in [0.2, 0.25) is 0 Å². The number of nitrogens with two attached hydrogens (primary N) is 1. The lowest BCUT2D eigenvalue weighted by Gasteiger charge is -2.22. The summed E-state index contributed by atoms with van der Waals surface area (Å²) in [5.74, 6) is 0.975. The maximum Gasteiger partial charge on any atom is 0.263 e. The predicted molar refractivity (Wildman–Crippen MR) is 116 cm³/mol. The third-order valence-electron chi connectivity index (χ3n) is 4.99. The number of rotatable bonds is 6. The molecule has 3 aromatic rings. The zero-order valence-corrected chi connectivity index (χ0v) is 17.8. The summed E-state index contributed by atoms with van der Waals surface area (Å²) in [6.45, 7) is 3.91. The van der Waals surface area contributed by atoms with Gasteiger partial charge in [-0.2, -0.15) is 5.10 Å². The molecular formula is C20H25N7O2S. The summed E-state index contributed by atoms with van der Waals surface area (Å²) >= 11 is -1.30. The summed E-state index contributed by atoms with van der Waals surface area (Å²) in [7, 11) is 1.65. The van der Waals surface area contributed by atoms with Gasteiger partial charge in [0.1, 0.15) is 0 Å². The molecule has 0 aliphatic carbocycles. The Hall–Kier alpha value is -2.66. The smallest absolute Gasteiger partial charge is 0.263 e. The number of hydrogen-bond donors (Lipinski definition) is 3. The van der Waals surface area contributed by atoms with Crippen molar-refractivity contribution >= 4 is 17.2 Å². The quantitative estimate of drug-likeness (QED) is 0.511. The minimum Gasteiger partial charge on any atom is -0.593 e. The highest BCUT2D eigenvalue weighted by Gasteiger charge is 2.18. The first-order chi connectivity index (χ1) is 14.5. The van der Waals surface area contributed by atoms with Gasteiger partial charge in [-0.25, -0.2) is 9.97 Å². The summed E-state index contributed by atoms with van der Waals surface area (Å²) in [5, 5.41) is 7.78. The van der Waals surface area contributed by atoms with E-state index in [0.29, 0.717) is 22.4 Å². The Bertz CT molecular complexity index is 1020. The Morgan fingerprint density at radius 2 is 2.07 bits per heavy atom. The molecule has 158 valence electrons. The Morgan fingerprint density at radius 1 is 1.27 bits per heavy atom. The van der Waals surface area contributed by atoms with Crippen molar-refractivity contribution in [3.63, 3.8) is 0 Å². The molecule has 1 aliphatic heterocycles. The monoisotopic (exact) mass is 427 g/mol. The Kier molecular flexibility index (Phi) is 6.18. The van der Waals surface area contributed by atoms with Crippen molar-refractivity contribution in [1.29, 1.82) is 0 Å². The lowest BCUT2D eigenvalue weighted by atomic mass is 10.1. The molecule has 1 fully saturated rings. The second kappa shape index (κ2) is 9.00. The summed E-state index contributed by atoms with van der Waals surface area (Å²) in [4.78, 5) is 9.45. The van der Waals surface area contributed by atoms with E-state index in [9.17, 15) is 4.55 Å². The summed E-state index contributed by atoms with van der Waals surface area (Å²) in [6, 6.07) is 6.00. The van der Waals surface area contributed by atoms with E-state index >= 15 is 0 Å². The van der Waals surface area contributed by atoms with Crippen molar-refractivity contribution in [3.8, 4) is 22.9 Å². The molecule has 3 heterocycles. The normalized spacial score (nSPS) is 15.8. The third kappa shape index (κ3) is 4.57. The molecular weight excluding hydrogens is 402 g/mol. The number of hydrogen-bond acceptors (Lipinski definition) is 8. The minimum atomic E-state index is -1.30. The van der Waals surface area contributed by atoms with Gasteiger partial charge in [-0.1, -0.05) is 0 Å². The highest BCUT2D eigenvalue weighted by atomic mass is 32.2. The fraction of sp³-hybridized carbons (Fsp3) is 0.350. The van der Waals surface area contributed by atoms with Crippen molar-refractivity contribution < 1.29 is 9.29 Å². The van der Waals surface area contributed by atoms with Crippen LogP contribution in [0.15, 0.2) is 41.7 Å². The fourth-order valence-electron chi connectivity index (χ4n) is 3.47. The molecule has 4 N–H and O–H groups in total. The molecule has 1 saturated heterocycles. The van der Waals surface area contributed by atoms with E-state index in [0.717, 1.165) is 37.1 Å². The van der Waals surface area contributed by atoms with Crippen LogP contribution in [0.4, 0.5) is 5.82 Å². The molecule has 4 rings (SSSR count). The second-order valence-corrected chi connectivity index (χ2v) is 8.61. The van der Waals surface area contributed by atoms with Gasteiger partial charge in [0.25, 0.3) is 5.88 Å². The van der Waals surface area contributed by atoms with Crippen molar-refractivity contribution in [1.82, 2.24) is 29.8 Å². The van der Waals surface area contributed by atoms with Crippen LogP contribution >= 0.6 is 0 Å². The van der Waals surface area contributed by atoms with E-state index in [1.54, 1.807) is 19.4 Å². The average molecular weight is 428 g/mol. The van der Waals surface area contributed by atoms with Crippen LogP contribution in [0, 0.1) is 6.92 Å². The third-order valence-corrected chi connectivity index (χ3v) is 6.02. The van der Waals surface area contributed by atoms with Crippen molar-refractivity contribution in [2.24, 2.45) is 0 Å². The molecule has 1 atom stereocenters. The lowest BCUT2D eigenvalue weighted by Crippen LogP contribution is -2.29. The molecule has 0 saturated carbocycles. The predicted octanol–water partition coefficient (Wildman–Crippen LogP) is 2.19. The molecule has 1 unspecified atom stereocenters. The first kappa shape index (κ1) is 20.6. The Morgan fingerprint density at radius 3 is 2.83 bits per heavy atom.